The summed E-state index contributed by atoms with van der Waals surface area (Å²) >= 11 is 0. The molecule has 29 heavy (non-hydrogen) atoms. The van der Waals surface area contributed by atoms with Crippen molar-refractivity contribution in [3.05, 3.63) is 89.7 Å². The summed E-state index contributed by atoms with van der Waals surface area (Å²) in [5.74, 6) is -0.0813. The zero-order chi connectivity index (χ0) is 20.4. The van der Waals surface area contributed by atoms with Gasteiger partial charge in [0.15, 0.2) is 0 Å². The Kier molecular flexibility index (Phi) is 5.17. The Hall–Kier alpha value is -3.03. The standard InChI is InChI=1S/C22H21N3O3S/c1-16-12-19-13-20(29(27,28)24-15-17-6-5-11-23-14-17)9-10-21(19)25(16)22(26)18-7-3-2-4-8-18/h2-11,13-14,16,24H,12,15H2,1H3/t16-/m0/s1. The number of nitrogens with one attached hydrogen (secondary N) is 1. The molecule has 148 valence electrons. The van der Waals surface area contributed by atoms with E-state index in [9.17, 15) is 13.2 Å². The smallest absolute Gasteiger partial charge is 0.258 e. The van der Waals surface area contributed by atoms with E-state index in [0.29, 0.717) is 12.0 Å². The van der Waals surface area contributed by atoms with E-state index in [4.69, 9.17) is 0 Å². The molecule has 1 amide bonds. The normalized spacial score (nSPS) is 15.9. The molecular formula is C22H21N3O3S. The van der Waals surface area contributed by atoms with Gasteiger partial charge in [-0.15, -0.1) is 0 Å². The van der Waals surface area contributed by atoms with Crippen LogP contribution < -0.4 is 9.62 Å². The number of anilines is 1. The minimum Gasteiger partial charge on any atom is -0.305 e. The van der Waals surface area contributed by atoms with Crippen molar-refractivity contribution in [2.45, 2.75) is 30.8 Å². The number of benzene rings is 2. The molecule has 2 heterocycles. The average molecular weight is 407 g/mol. The van der Waals surface area contributed by atoms with Crippen LogP contribution in [0.4, 0.5) is 5.69 Å². The molecule has 0 spiro atoms. The summed E-state index contributed by atoms with van der Waals surface area (Å²) in [5, 5.41) is 0. The molecule has 4 rings (SSSR count). The van der Waals surface area contributed by atoms with Crippen LogP contribution in [0.25, 0.3) is 0 Å². The van der Waals surface area contributed by atoms with Crippen molar-refractivity contribution in [1.82, 2.24) is 9.71 Å². The van der Waals surface area contributed by atoms with Gasteiger partial charge in [0.2, 0.25) is 10.0 Å². The van der Waals surface area contributed by atoms with Gasteiger partial charge in [-0.25, -0.2) is 13.1 Å². The van der Waals surface area contributed by atoms with Crippen LogP contribution in [0.1, 0.15) is 28.4 Å². The molecule has 6 nitrogen and oxygen atoms in total. The Balaban J connectivity index is 1.58. The summed E-state index contributed by atoms with van der Waals surface area (Å²) in [6, 6.07) is 17.6. The lowest BCUT2D eigenvalue weighted by molar-refractivity contribution is 0.0981. The first-order valence-electron chi connectivity index (χ1n) is 9.36. The fraction of sp³-hybridized carbons (Fsp3) is 0.182. The Morgan fingerprint density at radius 1 is 1.14 bits per heavy atom. The highest BCUT2D eigenvalue weighted by atomic mass is 32.2. The molecule has 0 unspecified atom stereocenters. The fourth-order valence-electron chi connectivity index (χ4n) is 3.57. The molecule has 1 atom stereocenters. The second-order valence-electron chi connectivity index (χ2n) is 7.07. The van der Waals surface area contributed by atoms with Crippen LogP contribution >= 0.6 is 0 Å². The van der Waals surface area contributed by atoms with Gasteiger partial charge >= 0.3 is 0 Å². The molecule has 0 radical (unpaired) electrons. The van der Waals surface area contributed by atoms with Crippen LogP contribution in [-0.4, -0.2) is 25.4 Å². The molecule has 2 aromatic carbocycles. The lowest BCUT2D eigenvalue weighted by Gasteiger charge is -2.23. The van der Waals surface area contributed by atoms with Gasteiger partial charge in [-0.05, 0) is 60.9 Å². The SMILES string of the molecule is C[C@H]1Cc2cc(S(=O)(=O)NCc3cccnc3)ccc2N1C(=O)c1ccccc1. The van der Waals surface area contributed by atoms with E-state index in [1.54, 1.807) is 53.7 Å². The van der Waals surface area contributed by atoms with Gasteiger partial charge in [-0.2, -0.15) is 0 Å². The summed E-state index contributed by atoms with van der Waals surface area (Å²) in [5.41, 5.74) is 3.01. The van der Waals surface area contributed by atoms with E-state index in [-0.39, 0.29) is 23.4 Å². The van der Waals surface area contributed by atoms with Crippen LogP contribution in [0.2, 0.25) is 0 Å². The van der Waals surface area contributed by atoms with Crippen molar-refractivity contribution < 1.29 is 13.2 Å². The summed E-state index contributed by atoms with van der Waals surface area (Å²) in [4.78, 5) is 18.9. The third kappa shape index (κ3) is 3.92. The number of hydrogen-bond donors (Lipinski definition) is 1. The van der Waals surface area contributed by atoms with Crippen molar-refractivity contribution in [3.63, 3.8) is 0 Å². The van der Waals surface area contributed by atoms with Gasteiger partial charge in [-0.1, -0.05) is 24.3 Å². The van der Waals surface area contributed by atoms with E-state index in [2.05, 4.69) is 9.71 Å². The summed E-state index contributed by atoms with van der Waals surface area (Å²) in [6.07, 6.45) is 3.88. The van der Waals surface area contributed by atoms with E-state index < -0.39 is 10.0 Å². The molecule has 7 heteroatoms. The molecule has 1 aromatic heterocycles. The molecule has 0 aliphatic carbocycles. The number of sulfonamides is 1. The second kappa shape index (κ2) is 7.77. The Morgan fingerprint density at radius 3 is 2.66 bits per heavy atom. The first-order chi connectivity index (χ1) is 14.0. The maximum Gasteiger partial charge on any atom is 0.258 e. The van der Waals surface area contributed by atoms with Gasteiger partial charge < -0.3 is 4.90 Å². The van der Waals surface area contributed by atoms with E-state index in [1.807, 2.05) is 31.2 Å². The topological polar surface area (TPSA) is 79.4 Å². The summed E-state index contributed by atoms with van der Waals surface area (Å²) in [6.45, 7) is 2.14. The summed E-state index contributed by atoms with van der Waals surface area (Å²) < 4.78 is 28.0. The maximum atomic E-state index is 13.0. The molecule has 1 aliphatic rings. The average Bonchev–Trinajstić information content (AvgIpc) is 3.08. The zero-order valence-electron chi connectivity index (χ0n) is 15.9. The van der Waals surface area contributed by atoms with Gasteiger partial charge in [0.05, 0.1) is 4.90 Å². The van der Waals surface area contributed by atoms with Crippen LogP contribution in [0.3, 0.4) is 0 Å². The third-order valence-corrected chi connectivity index (χ3v) is 6.40. The Bertz CT molecular complexity index is 1130. The first kappa shape index (κ1) is 19.3. The van der Waals surface area contributed by atoms with Crippen molar-refractivity contribution in [2.24, 2.45) is 0 Å². The molecule has 0 fully saturated rings. The summed E-state index contributed by atoms with van der Waals surface area (Å²) in [7, 11) is -3.67. The van der Waals surface area contributed by atoms with Crippen LogP contribution in [0.15, 0.2) is 78.0 Å². The van der Waals surface area contributed by atoms with Crippen molar-refractivity contribution >= 4 is 21.6 Å². The minimum absolute atomic E-state index is 0.0426. The van der Waals surface area contributed by atoms with Crippen molar-refractivity contribution in [2.75, 3.05) is 4.90 Å². The quantitative estimate of drug-likeness (QED) is 0.705. The number of nitrogens with zero attached hydrogens (tertiary/aromatic N) is 2. The number of pyridine rings is 1. The third-order valence-electron chi connectivity index (χ3n) is 5.01. The minimum atomic E-state index is -3.67. The Labute approximate surface area is 170 Å². The van der Waals surface area contributed by atoms with E-state index in [1.165, 1.54) is 0 Å². The molecule has 1 N–H and O–H groups in total. The molecular weight excluding hydrogens is 386 g/mol. The molecule has 3 aromatic rings. The van der Waals surface area contributed by atoms with Gasteiger partial charge in [0.25, 0.3) is 5.91 Å². The zero-order valence-corrected chi connectivity index (χ0v) is 16.8. The first-order valence-corrected chi connectivity index (χ1v) is 10.8. The van der Waals surface area contributed by atoms with Gasteiger partial charge in [-0.3, -0.25) is 9.78 Å². The number of carbonyl (C=O) groups is 1. The van der Waals surface area contributed by atoms with E-state index in [0.717, 1.165) is 16.8 Å². The second-order valence-corrected chi connectivity index (χ2v) is 8.84. The van der Waals surface area contributed by atoms with Crippen LogP contribution in [0.5, 0.6) is 0 Å². The largest absolute Gasteiger partial charge is 0.305 e. The molecule has 0 saturated heterocycles. The Morgan fingerprint density at radius 2 is 1.93 bits per heavy atom. The van der Waals surface area contributed by atoms with Crippen molar-refractivity contribution in [3.8, 4) is 0 Å². The number of amides is 1. The lowest BCUT2D eigenvalue weighted by Crippen LogP contribution is -2.35. The molecule has 0 bridgehead atoms. The van der Waals surface area contributed by atoms with Crippen LogP contribution in [0, 0.1) is 0 Å². The number of aromatic nitrogens is 1. The number of carbonyl (C=O) groups excluding carboxylic acids is 1. The van der Waals surface area contributed by atoms with Gasteiger partial charge in [0, 0.05) is 36.2 Å². The van der Waals surface area contributed by atoms with E-state index >= 15 is 0 Å². The molecule has 1 aliphatic heterocycles. The predicted octanol–water partition coefficient (Wildman–Crippen LogP) is 3.15. The fourth-order valence-corrected chi connectivity index (χ4v) is 4.64. The maximum absolute atomic E-state index is 13.0. The van der Waals surface area contributed by atoms with Gasteiger partial charge in [0.1, 0.15) is 0 Å². The highest BCUT2D eigenvalue weighted by Crippen LogP contribution is 2.35. The van der Waals surface area contributed by atoms with Crippen LogP contribution in [-0.2, 0) is 23.0 Å². The number of fused-ring (bicyclic) bond motifs is 1. The number of rotatable bonds is 5. The monoisotopic (exact) mass is 407 g/mol. The lowest BCUT2D eigenvalue weighted by atomic mass is 10.1. The molecule has 0 saturated carbocycles. The van der Waals surface area contributed by atoms with Crippen molar-refractivity contribution in [1.29, 1.82) is 0 Å². The predicted molar refractivity (Wildman–Crippen MR) is 111 cm³/mol. The highest BCUT2D eigenvalue weighted by molar-refractivity contribution is 7.89. The highest BCUT2D eigenvalue weighted by Gasteiger charge is 2.32. The number of hydrogen-bond acceptors (Lipinski definition) is 4.